The summed E-state index contributed by atoms with van der Waals surface area (Å²) >= 11 is 0. The summed E-state index contributed by atoms with van der Waals surface area (Å²) in [5.41, 5.74) is -0.0943. The van der Waals surface area contributed by atoms with Gasteiger partial charge in [0.1, 0.15) is 5.54 Å². The van der Waals surface area contributed by atoms with Crippen LogP contribution in [0, 0.1) is 0 Å². The number of benzene rings is 2. The van der Waals surface area contributed by atoms with Crippen molar-refractivity contribution in [1.29, 1.82) is 0 Å². The molecule has 1 atom stereocenters. The van der Waals surface area contributed by atoms with Gasteiger partial charge in [-0.25, -0.2) is 4.79 Å². The molecule has 3 aliphatic rings. The van der Waals surface area contributed by atoms with Gasteiger partial charge in [-0.05, 0) is 36.8 Å². The molecule has 0 unspecified atom stereocenters. The van der Waals surface area contributed by atoms with Gasteiger partial charge in [-0.3, -0.25) is 24.2 Å². The van der Waals surface area contributed by atoms with Crippen LogP contribution in [0.3, 0.4) is 0 Å². The van der Waals surface area contributed by atoms with E-state index in [9.17, 15) is 19.2 Å². The molecular formula is C21H17N3O6. The van der Waals surface area contributed by atoms with Crippen molar-refractivity contribution in [3.05, 3.63) is 59.2 Å². The van der Waals surface area contributed by atoms with Crippen LogP contribution in [0.4, 0.5) is 4.79 Å². The molecule has 0 saturated carbocycles. The van der Waals surface area contributed by atoms with Crippen molar-refractivity contribution >= 4 is 23.8 Å². The zero-order valence-corrected chi connectivity index (χ0v) is 16.0. The Morgan fingerprint density at radius 2 is 1.53 bits per heavy atom. The van der Waals surface area contributed by atoms with E-state index in [0.717, 1.165) is 9.80 Å². The molecule has 0 bridgehead atoms. The summed E-state index contributed by atoms with van der Waals surface area (Å²) in [4.78, 5) is 52.7. The van der Waals surface area contributed by atoms with Crippen molar-refractivity contribution in [3.8, 4) is 11.5 Å². The van der Waals surface area contributed by atoms with Gasteiger partial charge in [0.15, 0.2) is 11.5 Å². The van der Waals surface area contributed by atoms with E-state index in [1.54, 1.807) is 49.4 Å². The van der Waals surface area contributed by atoms with Gasteiger partial charge in [0.05, 0.1) is 11.1 Å². The predicted molar refractivity (Wildman–Crippen MR) is 102 cm³/mol. The minimum Gasteiger partial charge on any atom is -0.454 e. The molecule has 3 aliphatic heterocycles. The summed E-state index contributed by atoms with van der Waals surface area (Å²) in [6.07, 6.45) is 0. The molecule has 9 heteroatoms. The second-order valence-electron chi connectivity index (χ2n) is 7.39. The van der Waals surface area contributed by atoms with E-state index in [1.807, 2.05) is 0 Å². The first-order valence-corrected chi connectivity index (χ1v) is 9.39. The van der Waals surface area contributed by atoms with Crippen molar-refractivity contribution in [2.75, 3.05) is 19.9 Å². The molecule has 1 fully saturated rings. The largest absolute Gasteiger partial charge is 0.454 e. The molecule has 2 aromatic rings. The van der Waals surface area contributed by atoms with Crippen LogP contribution in [-0.4, -0.2) is 53.4 Å². The van der Waals surface area contributed by atoms with Gasteiger partial charge in [-0.2, -0.15) is 0 Å². The summed E-state index contributed by atoms with van der Waals surface area (Å²) in [6.45, 7) is 1.52. The molecule has 0 spiro atoms. The molecule has 0 aromatic heterocycles. The zero-order valence-electron chi connectivity index (χ0n) is 16.0. The monoisotopic (exact) mass is 407 g/mol. The molecule has 3 heterocycles. The Balaban J connectivity index is 1.34. The Kier molecular flexibility index (Phi) is 3.82. The number of carbonyl (C=O) groups excluding carboxylic acids is 4. The number of urea groups is 1. The van der Waals surface area contributed by atoms with Crippen LogP contribution in [0.1, 0.15) is 33.2 Å². The van der Waals surface area contributed by atoms with Crippen LogP contribution in [0.25, 0.3) is 0 Å². The maximum atomic E-state index is 13.1. The molecule has 152 valence electrons. The molecule has 9 nitrogen and oxygen atoms in total. The Bertz CT molecular complexity index is 1090. The first kappa shape index (κ1) is 18.2. The second kappa shape index (κ2) is 6.31. The third-order valence-electron chi connectivity index (χ3n) is 5.65. The minimum absolute atomic E-state index is 0.0806. The van der Waals surface area contributed by atoms with Crippen LogP contribution in [0.2, 0.25) is 0 Å². The average molecular weight is 407 g/mol. The first-order valence-electron chi connectivity index (χ1n) is 9.39. The van der Waals surface area contributed by atoms with Gasteiger partial charge in [0.2, 0.25) is 6.79 Å². The number of imide groups is 2. The number of amides is 5. The zero-order chi connectivity index (χ0) is 21.0. The summed E-state index contributed by atoms with van der Waals surface area (Å²) in [7, 11) is 0. The van der Waals surface area contributed by atoms with Gasteiger partial charge in [-0.15, -0.1) is 0 Å². The van der Waals surface area contributed by atoms with Gasteiger partial charge >= 0.3 is 6.03 Å². The highest BCUT2D eigenvalue weighted by atomic mass is 16.7. The van der Waals surface area contributed by atoms with E-state index in [0.29, 0.717) is 28.2 Å². The van der Waals surface area contributed by atoms with Crippen molar-refractivity contribution in [3.63, 3.8) is 0 Å². The van der Waals surface area contributed by atoms with Crippen LogP contribution in [-0.2, 0) is 10.3 Å². The Hall–Kier alpha value is -3.88. The lowest BCUT2D eigenvalue weighted by Gasteiger charge is -2.23. The third-order valence-corrected chi connectivity index (χ3v) is 5.65. The lowest BCUT2D eigenvalue weighted by molar-refractivity contribution is -0.131. The predicted octanol–water partition coefficient (Wildman–Crippen LogP) is 1.48. The van der Waals surface area contributed by atoms with Crippen molar-refractivity contribution in [2.45, 2.75) is 12.5 Å². The SMILES string of the molecule is C[C@@]1(c2ccc3c(c2)OCO3)NC(=O)N(CCN2C(=O)c3ccccc3C2=O)C1=O. The van der Waals surface area contributed by atoms with E-state index in [4.69, 9.17) is 9.47 Å². The number of carbonyl (C=O) groups is 4. The maximum absolute atomic E-state index is 13.1. The fourth-order valence-electron chi connectivity index (χ4n) is 3.95. The van der Waals surface area contributed by atoms with Crippen LogP contribution < -0.4 is 14.8 Å². The fourth-order valence-corrected chi connectivity index (χ4v) is 3.95. The van der Waals surface area contributed by atoms with Crippen molar-refractivity contribution < 1.29 is 28.7 Å². The minimum atomic E-state index is -1.29. The van der Waals surface area contributed by atoms with Gasteiger partial charge < -0.3 is 14.8 Å². The molecule has 0 radical (unpaired) electrons. The number of ether oxygens (including phenoxy) is 2. The molecular weight excluding hydrogens is 390 g/mol. The number of nitrogens with one attached hydrogen (secondary N) is 1. The Labute approximate surface area is 171 Å². The molecule has 5 amide bonds. The maximum Gasteiger partial charge on any atom is 0.325 e. The molecule has 2 aromatic carbocycles. The number of rotatable bonds is 4. The van der Waals surface area contributed by atoms with Gasteiger partial charge in [-0.1, -0.05) is 18.2 Å². The van der Waals surface area contributed by atoms with Crippen LogP contribution in [0.5, 0.6) is 11.5 Å². The van der Waals surface area contributed by atoms with Crippen molar-refractivity contribution in [1.82, 2.24) is 15.1 Å². The van der Waals surface area contributed by atoms with E-state index < -0.39 is 29.3 Å². The number of nitrogens with zero attached hydrogens (tertiary/aromatic N) is 2. The smallest absolute Gasteiger partial charge is 0.325 e. The topological polar surface area (TPSA) is 105 Å². The van der Waals surface area contributed by atoms with E-state index in [-0.39, 0.29) is 19.9 Å². The van der Waals surface area contributed by atoms with E-state index in [2.05, 4.69) is 5.32 Å². The van der Waals surface area contributed by atoms with E-state index in [1.165, 1.54) is 0 Å². The first-order chi connectivity index (χ1) is 14.4. The number of fused-ring (bicyclic) bond motifs is 2. The molecule has 1 N–H and O–H groups in total. The second-order valence-corrected chi connectivity index (χ2v) is 7.39. The highest BCUT2D eigenvalue weighted by Gasteiger charge is 2.49. The lowest BCUT2D eigenvalue weighted by atomic mass is 9.91. The number of hydrogen-bond donors (Lipinski definition) is 1. The van der Waals surface area contributed by atoms with Gasteiger partial charge in [0.25, 0.3) is 17.7 Å². The fraction of sp³-hybridized carbons (Fsp3) is 0.238. The summed E-state index contributed by atoms with van der Waals surface area (Å²) in [5, 5.41) is 2.71. The highest BCUT2D eigenvalue weighted by molar-refractivity contribution is 6.21. The molecule has 5 rings (SSSR count). The average Bonchev–Trinajstić information content (AvgIpc) is 3.37. The lowest BCUT2D eigenvalue weighted by Crippen LogP contribution is -2.43. The molecule has 30 heavy (non-hydrogen) atoms. The Morgan fingerprint density at radius 3 is 2.23 bits per heavy atom. The summed E-state index contributed by atoms with van der Waals surface area (Å²) < 4.78 is 10.6. The summed E-state index contributed by atoms with van der Waals surface area (Å²) in [5.74, 6) is -0.257. The van der Waals surface area contributed by atoms with E-state index >= 15 is 0 Å². The number of hydrogen-bond acceptors (Lipinski definition) is 6. The normalized spacial score (nSPS) is 22.0. The molecule has 1 saturated heterocycles. The van der Waals surface area contributed by atoms with Crippen LogP contribution in [0.15, 0.2) is 42.5 Å². The highest BCUT2D eigenvalue weighted by Crippen LogP contribution is 2.37. The van der Waals surface area contributed by atoms with Crippen molar-refractivity contribution in [2.24, 2.45) is 0 Å². The van der Waals surface area contributed by atoms with Crippen LogP contribution >= 0.6 is 0 Å². The molecule has 0 aliphatic carbocycles. The summed E-state index contributed by atoms with van der Waals surface area (Å²) in [6, 6.07) is 11.0. The Morgan fingerprint density at radius 1 is 0.900 bits per heavy atom. The van der Waals surface area contributed by atoms with Gasteiger partial charge in [0, 0.05) is 13.1 Å². The third kappa shape index (κ3) is 2.48. The quantitative estimate of drug-likeness (QED) is 0.608. The standard InChI is InChI=1S/C21H17N3O6/c1-21(12-6-7-15-16(10-12)30-11-29-15)19(27)24(20(28)22-21)9-8-23-17(25)13-4-2-3-5-14(13)18(23)26/h2-7,10H,8-9,11H2,1H3,(H,22,28)/t21-/m0/s1.